The van der Waals surface area contributed by atoms with Gasteiger partial charge < -0.3 is 291 Å². The molecule has 50 atom stereocenters. The zero-order valence-corrected chi connectivity index (χ0v) is 79.4. The second kappa shape index (κ2) is 52.9. The van der Waals surface area contributed by atoms with Crippen LogP contribution in [0, 0.1) is 0 Å². The first-order valence-electron chi connectivity index (χ1n) is 46.1. The van der Waals surface area contributed by atoms with Crippen LogP contribution in [0.15, 0.2) is 0 Å². The van der Waals surface area contributed by atoms with Crippen LogP contribution in [-0.4, -0.2) is 621 Å². The fraction of sp³-hybridized carbons (Fsp3) is 0.864. The Morgan fingerprint density at radius 3 is 0.867 bits per heavy atom. The Morgan fingerprint density at radius 2 is 0.553 bits per heavy atom. The summed E-state index contributed by atoms with van der Waals surface area (Å²) in [6.07, 6.45) is -109. The van der Waals surface area contributed by atoms with Crippen LogP contribution in [-0.2, 0) is 133 Å². The maximum absolute atomic E-state index is 14.6. The van der Waals surface area contributed by atoms with Crippen LogP contribution < -0.4 is 31.9 Å². The van der Waals surface area contributed by atoms with Crippen molar-refractivity contribution in [1.29, 1.82) is 0 Å². The van der Waals surface area contributed by atoms with E-state index in [1.807, 2.05) is 10.6 Å². The first-order chi connectivity index (χ1) is 70.3. The van der Waals surface area contributed by atoms with Crippen LogP contribution in [0.25, 0.3) is 0 Å². The highest BCUT2D eigenvalue weighted by Crippen LogP contribution is 2.47. The summed E-state index contributed by atoms with van der Waals surface area (Å²) in [6.45, 7) is -13.6. The van der Waals surface area contributed by atoms with E-state index >= 15 is 0 Å². The number of carbonyl (C=O) groups is 11. The lowest BCUT2D eigenvalue weighted by Crippen LogP contribution is -2.73. The number of nitrogens with one attached hydrogen (secondary N) is 6. The summed E-state index contributed by atoms with van der Waals surface area (Å²) in [5.74, 6) is -38.3. The Morgan fingerprint density at radius 1 is 0.287 bits per heavy atom. The molecule has 41 N–H and O–H groups in total. The monoisotopic (exact) mass is 2190 g/mol. The largest absolute Gasteiger partial charge is 0.477 e. The van der Waals surface area contributed by atoms with Crippen molar-refractivity contribution >= 4 is 65.3 Å². The minimum absolute atomic E-state index is 0.708. The first-order valence-corrected chi connectivity index (χ1v) is 46.1. The quantitative estimate of drug-likeness (QED) is 0.0269. The Labute approximate surface area is 843 Å². The van der Waals surface area contributed by atoms with Crippen molar-refractivity contribution in [2.45, 2.75) is 364 Å². The molecule has 9 heterocycles. The zero-order chi connectivity index (χ0) is 112. The van der Waals surface area contributed by atoms with Gasteiger partial charge in [-0.2, -0.15) is 0 Å². The van der Waals surface area contributed by atoms with Crippen molar-refractivity contribution in [1.82, 2.24) is 31.9 Å². The lowest BCUT2D eigenvalue weighted by molar-refractivity contribution is -0.405. The molecule has 0 spiro atoms. The smallest absolute Gasteiger partial charge is 0.364 e. The van der Waals surface area contributed by atoms with E-state index in [2.05, 4.69) is 21.3 Å². The van der Waals surface area contributed by atoms with Crippen LogP contribution in [0.4, 0.5) is 0 Å². The predicted octanol–water partition coefficient (Wildman–Crippen LogP) is -25.8. The molecule has 0 aliphatic carbocycles. The van der Waals surface area contributed by atoms with Crippen molar-refractivity contribution < 1.29 is 312 Å². The summed E-state index contributed by atoms with van der Waals surface area (Å²) in [5, 5.41) is 406. The van der Waals surface area contributed by atoms with E-state index in [0.29, 0.717) is 6.92 Å². The highest BCUT2D eigenvalue weighted by Gasteiger charge is 2.69. The number of carbonyl (C=O) groups excluding carboxylic acids is 6. The van der Waals surface area contributed by atoms with E-state index in [0.717, 1.165) is 20.8 Å². The molecule has 0 radical (unpaired) electrons. The minimum atomic E-state index is -4.02. The molecule has 6 amide bonds. The number of aliphatic hydroxyl groups is 30. The van der Waals surface area contributed by atoms with Crippen LogP contribution in [0.1, 0.15) is 59.8 Å². The van der Waals surface area contributed by atoms with Gasteiger partial charge in [0.1, 0.15) is 202 Å². The van der Waals surface area contributed by atoms with Gasteiger partial charge in [-0.1, -0.05) is 0 Å². The fourth-order valence-corrected chi connectivity index (χ4v) is 18.9. The number of aliphatic hydroxyl groups excluding tert-OH is 30. The van der Waals surface area contributed by atoms with Gasteiger partial charge in [-0.25, -0.2) is 24.0 Å². The normalized spacial score (nSPS) is 41.5. The number of aliphatic carboxylic acids is 5. The summed E-state index contributed by atoms with van der Waals surface area (Å²) in [5.41, 5.74) is 0. The molecule has 0 aromatic carbocycles. The second-order valence-corrected chi connectivity index (χ2v) is 36.8. The molecule has 0 saturated carbocycles. The molecule has 862 valence electrons. The van der Waals surface area contributed by atoms with Crippen LogP contribution in [0.2, 0.25) is 0 Å². The molecule has 69 heteroatoms. The first kappa shape index (κ1) is 126. The standard InChI is InChI=1S/C81H130N6O63/c1-21(99)82-41-25(103)5-77(72(124)125,144-61(41)47(112)30(108)10-88)141-34(14-92)51(116)63-42(83-22(2)100)26(104)6-79(146-63,74(128)129)143-36(16-94)53(118)65-45(87-40(111)20-98)29(107)9-81(148-65,76(132)133)150-67-57(122)71(138-58-37(17-95)134-68(123)55(120)54(58)119)137-38(18-96)59(67)139-69-46(85-24(4)102)60(49(114)32(12-90)135-69)140-70-56(121)66(50(115)33(13-91)136-70)149-80(75(130)131)8-27(105)43(84-23(3)101)64(147-80)52(117)35(15-93)142-78(73(126)127)7-28(106)44(86-39(110)19-97)62(145-78)48(113)31(109)11-89/h25-38,41-71,88-98,103-109,112-123H,5-20H2,1-4H3,(H,82,99)(H,83,100)(H,84,101)(H,85,102)(H,86,110)(H,87,111)(H,124,125)(H,126,127)(H,128,129)(H,130,131)(H,132,133)/t25-,26-,27-,28-,29-,30+,31+,32+,33+,34+,35+,36+,37+,38+,41+,42+,43+,44+,45+,46+,47+,48+,49-,50-,51+,52+,53+,54+,55+,56+,57+,58+,59-,60+,61+,62+,63+,64+,65+,66-,67+,68+,69-,70-,71-,77+,78+,79+,80-,81-/m0/s1. The molecular formula is C81H130N6O63. The number of hydrogen-bond acceptors (Lipinski definition) is 58. The van der Waals surface area contributed by atoms with E-state index in [-0.39, 0.29) is 0 Å². The van der Waals surface area contributed by atoms with Crippen molar-refractivity contribution in [2.75, 3.05) is 72.7 Å². The van der Waals surface area contributed by atoms with Crippen molar-refractivity contribution in [3.8, 4) is 0 Å². The van der Waals surface area contributed by atoms with E-state index in [1.165, 1.54) is 0 Å². The van der Waals surface area contributed by atoms with Gasteiger partial charge in [0, 0.05) is 59.8 Å². The van der Waals surface area contributed by atoms with Gasteiger partial charge in [0.2, 0.25) is 35.4 Å². The average Bonchev–Trinajstić information content (AvgIpc) is 0.732. The highest BCUT2D eigenvalue weighted by molar-refractivity contribution is 5.81. The van der Waals surface area contributed by atoms with Gasteiger partial charge in [-0.15, -0.1) is 0 Å². The van der Waals surface area contributed by atoms with Crippen LogP contribution in [0.5, 0.6) is 0 Å². The fourth-order valence-electron chi connectivity index (χ4n) is 18.9. The molecule has 150 heavy (non-hydrogen) atoms. The molecule has 9 aliphatic rings. The zero-order valence-electron chi connectivity index (χ0n) is 79.4. The lowest BCUT2D eigenvalue weighted by atomic mass is 9.86. The number of carboxylic acids is 5. The van der Waals surface area contributed by atoms with Crippen molar-refractivity contribution in [3.63, 3.8) is 0 Å². The maximum Gasteiger partial charge on any atom is 0.364 e. The number of carboxylic acid groups (broad SMARTS) is 5. The Bertz CT molecular complexity index is 4490. The molecule has 69 nitrogen and oxygen atoms in total. The molecule has 0 bridgehead atoms. The average molecular weight is 2200 g/mol. The van der Waals surface area contributed by atoms with Gasteiger partial charge in [0.05, 0.1) is 120 Å². The third-order valence-electron chi connectivity index (χ3n) is 26.3. The van der Waals surface area contributed by atoms with E-state index in [1.54, 1.807) is 0 Å². The number of hydrogen-bond donors (Lipinski definition) is 41. The van der Waals surface area contributed by atoms with Crippen molar-refractivity contribution in [3.05, 3.63) is 0 Å². The summed E-state index contributed by atoms with van der Waals surface area (Å²) in [7, 11) is 0. The number of amides is 6. The van der Waals surface area contributed by atoms with E-state index < -0.39 is 474 Å². The molecule has 9 rings (SSSR count). The topological polar surface area (TPSA) is 1120 Å². The van der Waals surface area contributed by atoms with Crippen molar-refractivity contribution in [2.24, 2.45) is 0 Å². The summed E-state index contributed by atoms with van der Waals surface area (Å²) in [4.78, 5) is 147. The predicted molar refractivity (Wildman–Crippen MR) is 455 cm³/mol. The summed E-state index contributed by atoms with van der Waals surface area (Å²) < 4.78 is 99.1. The van der Waals surface area contributed by atoms with Gasteiger partial charge in [0.25, 0.3) is 28.9 Å². The van der Waals surface area contributed by atoms with Gasteiger partial charge >= 0.3 is 29.8 Å². The molecular weight excluding hydrogens is 2060 g/mol. The van der Waals surface area contributed by atoms with E-state index in [4.69, 9.17) is 80.5 Å². The summed E-state index contributed by atoms with van der Waals surface area (Å²) in [6, 6.07) is -13.3. The number of rotatable bonds is 48. The van der Waals surface area contributed by atoms with E-state index in [9.17, 15) is 231 Å². The SMILES string of the molecule is CC(=O)N[C@H]1[C@H](O[C@@H]2[C@H](O[C@]3(C(=O)O)C[C@H](O)[C@@H](NC(=O)CO)[C@H]([C@H](O)[C@@H](CO)O[C@]4(C(=O)O)C[C@H](O)[C@@H](NC(C)=O)[C@H]([C@H](O)[C@@H](CO)O[C@]5(C(=O)O)C[C@H](O)[C@@H](NC(C)=O)[C@H]([C@H](O)[C@H](O)CO)O5)O4)O3)[C@@H](O)[C@H](O[C@H]3[C@H](O)[C@@H](O)[C@H](O)O[C@@H]3CO)O[C@@H]2CO)O[C@H](CO)[C@H](O)[C@@H]1O[C@@H]1O[C@H](CO)[C@H](O)[C@H](O[C@]2(C(=O)O)C[C@H](O)[C@@H](NC(C)=O)[C@H]([C@H](O)[C@@H](CO)O[C@]3(C(=O)O)C[C@H](O)[C@@H](NC(=O)CO)[C@H]([C@H](O)[C@H](O)CO)O3)O2)[C@H]1O. The molecule has 9 aliphatic heterocycles. The Hall–Kier alpha value is -7.71. The molecule has 0 aromatic heterocycles. The lowest BCUT2D eigenvalue weighted by Gasteiger charge is -2.53. The van der Waals surface area contributed by atoms with Gasteiger partial charge in [-0.05, 0) is 0 Å². The Balaban J connectivity index is 1.09. The van der Waals surface area contributed by atoms with Crippen LogP contribution in [0.3, 0.4) is 0 Å². The summed E-state index contributed by atoms with van der Waals surface area (Å²) >= 11 is 0. The van der Waals surface area contributed by atoms with Crippen LogP contribution >= 0.6 is 0 Å². The Kier molecular flexibility index (Phi) is 44.3. The van der Waals surface area contributed by atoms with Gasteiger partial charge in [0.15, 0.2) is 25.2 Å². The third-order valence-corrected chi connectivity index (χ3v) is 26.3. The molecule has 0 aromatic rings. The third kappa shape index (κ3) is 27.4. The minimum Gasteiger partial charge on any atom is -0.477 e. The molecule has 0 unspecified atom stereocenters. The highest BCUT2D eigenvalue weighted by atomic mass is 16.8. The maximum atomic E-state index is 14.6. The van der Waals surface area contributed by atoms with Gasteiger partial charge in [-0.3, -0.25) is 28.8 Å². The molecule has 9 saturated heterocycles. The number of ether oxygens (including phenoxy) is 17. The molecule has 9 fully saturated rings. The second-order valence-electron chi connectivity index (χ2n) is 36.8.